The van der Waals surface area contributed by atoms with Crippen molar-refractivity contribution < 1.29 is 9.22 Å². The van der Waals surface area contributed by atoms with Crippen molar-refractivity contribution in [3.05, 3.63) is 36.0 Å². The van der Waals surface area contributed by atoms with E-state index < -0.39 is 16.6 Å². The Kier molecular flexibility index (Phi) is 3.68. The van der Waals surface area contributed by atoms with E-state index in [2.05, 4.69) is 29.9 Å². The lowest BCUT2D eigenvalue weighted by Crippen LogP contribution is -2.31. The van der Waals surface area contributed by atoms with Crippen LogP contribution < -0.4 is 0 Å². The zero-order valence-electron chi connectivity index (χ0n) is 13.2. The van der Waals surface area contributed by atoms with Crippen LogP contribution in [0, 0.1) is 0 Å². The first-order chi connectivity index (χ1) is 9.09. The molecule has 1 heterocycles. The standard InChI is InChI=1S/C15H23NO2Si2/c1-19(2,3)16-11-13(15(17)18-20(4,5)6)12-9-7-8-10-14(12)16/h7-11H,1-6H3. The molecule has 0 saturated carbocycles. The highest BCUT2D eigenvalue weighted by Crippen LogP contribution is 2.26. The van der Waals surface area contributed by atoms with Gasteiger partial charge in [0, 0.05) is 17.1 Å². The van der Waals surface area contributed by atoms with Crippen LogP contribution in [0.4, 0.5) is 0 Å². The minimum absolute atomic E-state index is 0.183. The van der Waals surface area contributed by atoms with Gasteiger partial charge in [-0.05, 0) is 25.7 Å². The number of fused-ring (bicyclic) bond motifs is 1. The largest absolute Gasteiger partial charge is 0.516 e. The van der Waals surface area contributed by atoms with Gasteiger partial charge in [0.2, 0.25) is 8.32 Å². The topological polar surface area (TPSA) is 31.2 Å². The highest BCUT2D eigenvalue weighted by molar-refractivity contribution is 6.75. The quantitative estimate of drug-likeness (QED) is 0.791. The Labute approximate surface area is 122 Å². The Balaban J connectivity index is 2.58. The van der Waals surface area contributed by atoms with Gasteiger partial charge in [-0.1, -0.05) is 37.8 Å². The van der Waals surface area contributed by atoms with Crippen molar-refractivity contribution in [2.75, 3.05) is 0 Å². The number of hydrogen-bond acceptors (Lipinski definition) is 2. The number of rotatable bonds is 3. The van der Waals surface area contributed by atoms with Gasteiger partial charge in [0.15, 0.2) is 8.24 Å². The van der Waals surface area contributed by atoms with Crippen molar-refractivity contribution in [1.29, 1.82) is 0 Å². The SMILES string of the molecule is C[Si](C)(C)OC(=O)c1cn([Si](C)(C)C)c2ccccc12. The molecule has 0 aliphatic heterocycles. The van der Waals surface area contributed by atoms with E-state index in [1.165, 1.54) is 0 Å². The number of carbonyl (C=O) groups excluding carboxylic acids is 1. The van der Waals surface area contributed by atoms with Gasteiger partial charge in [-0.3, -0.25) is 0 Å². The molecule has 0 aliphatic carbocycles. The zero-order chi connectivity index (χ0) is 15.1. The van der Waals surface area contributed by atoms with Gasteiger partial charge in [0.1, 0.15) is 0 Å². The third-order valence-corrected chi connectivity index (χ3v) is 5.67. The first kappa shape index (κ1) is 15.1. The summed E-state index contributed by atoms with van der Waals surface area (Å²) in [5.74, 6) is -0.183. The number of aromatic nitrogens is 1. The van der Waals surface area contributed by atoms with E-state index in [9.17, 15) is 4.79 Å². The van der Waals surface area contributed by atoms with Crippen LogP contribution in [0.15, 0.2) is 30.5 Å². The van der Waals surface area contributed by atoms with Crippen LogP contribution in [0.2, 0.25) is 39.3 Å². The third-order valence-electron chi connectivity index (χ3n) is 3.05. The maximum atomic E-state index is 12.4. The first-order valence-electron chi connectivity index (χ1n) is 6.93. The Hall–Kier alpha value is -1.34. The molecule has 20 heavy (non-hydrogen) atoms. The van der Waals surface area contributed by atoms with E-state index in [-0.39, 0.29) is 5.97 Å². The summed E-state index contributed by atoms with van der Waals surface area (Å²) in [6, 6.07) is 8.08. The summed E-state index contributed by atoms with van der Waals surface area (Å²) in [4.78, 5) is 12.4. The second kappa shape index (κ2) is 4.89. The molecule has 1 aromatic heterocycles. The van der Waals surface area contributed by atoms with Crippen molar-refractivity contribution in [2.45, 2.75) is 39.3 Å². The van der Waals surface area contributed by atoms with Crippen LogP contribution in [-0.4, -0.2) is 26.8 Å². The van der Waals surface area contributed by atoms with Crippen molar-refractivity contribution in [3.63, 3.8) is 0 Å². The molecule has 0 radical (unpaired) electrons. The summed E-state index contributed by atoms with van der Waals surface area (Å²) >= 11 is 0. The van der Waals surface area contributed by atoms with Crippen molar-refractivity contribution in [1.82, 2.24) is 4.23 Å². The fraction of sp³-hybridized carbons (Fsp3) is 0.400. The van der Waals surface area contributed by atoms with Gasteiger partial charge in [0.05, 0.1) is 5.56 Å². The lowest BCUT2D eigenvalue weighted by Gasteiger charge is -2.20. The molecular weight excluding hydrogens is 282 g/mol. The van der Waals surface area contributed by atoms with Crippen molar-refractivity contribution in [3.8, 4) is 0 Å². The molecule has 2 aromatic rings. The smallest absolute Gasteiger partial charge is 0.326 e. The second-order valence-corrected chi connectivity index (χ2v) is 16.4. The molecule has 0 unspecified atom stereocenters. The molecule has 0 bridgehead atoms. The lowest BCUT2D eigenvalue weighted by atomic mass is 10.2. The fourth-order valence-corrected chi connectivity index (χ4v) is 4.33. The number of carbonyl (C=O) groups is 1. The van der Waals surface area contributed by atoms with E-state index >= 15 is 0 Å². The van der Waals surface area contributed by atoms with Crippen LogP contribution in [0.1, 0.15) is 10.4 Å². The molecule has 0 amide bonds. The highest BCUT2D eigenvalue weighted by atomic mass is 28.4. The summed E-state index contributed by atoms with van der Waals surface area (Å²) in [7, 11) is -3.44. The van der Waals surface area contributed by atoms with Crippen molar-refractivity contribution >= 4 is 33.4 Å². The number of hydrogen-bond donors (Lipinski definition) is 0. The second-order valence-electron chi connectivity index (χ2n) is 7.10. The van der Waals surface area contributed by atoms with Gasteiger partial charge >= 0.3 is 5.97 Å². The highest BCUT2D eigenvalue weighted by Gasteiger charge is 2.26. The molecule has 0 saturated heterocycles. The van der Waals surface area contributed by atoms with Crippen LogP contribution in [0.3, 0.4) is 0 Å². The molecule has 5 heteroatoms. The molecular formula is C15H23NO2Si2. The number of nitrogens with zero attached hydrogens (tertiary/aromatic N) is 1. The minimum atomic E-state index is -1.87. The Morgan fingerprint density at radius 2 is 1.65 bits per heavy atom. The molecule has 0 spiro atoms. The van der Waals surface area contributed by atoms with Crippen LogP contribution in [0.5, 0.6) is 0 Å². The fourth-order valence-electron chi connectivity index (χ4n) is 2.23. The summed E-state index contributed by atoms with van der Waals surface area (Å²) < 4.78 is 7.94. The zero-order valence-corrected chi connectivity index (χ0v) is 15.2. The van der Waals surface area contributed by atoms with E-state index in [1.807, 2.05) is 44.0 Å². The molecule has 0 fully saturated rings. The van der Waals surface area contributed by atoms with Crippen LogP contribution >= 0.6 is 0 Å². The van der Waals surface area contributed by atoms with E-state index in [4.69, 9.17) is 4.43 Å². The van der Waals surface area contributed by atoms with Gasteiger partial charge in [-0.15, -0.1) is 0 Å². The number of para-hydroxylation sites is 1. The Morgan fingerprint density at radius 3 is 2.20 bits per heavy atom. The first-order valence-corrected chi connectivity index (χ1v) is 13.8. The monoisotopic (exact) mass is 305 g/mol. The maximum absolute atomic E-state index is 12.4. The van der Waals surface area contributed by atoms with Crippen molar-refractivity contribution in [2.24, 2.45) is 0 Å². The molecule has 0 atom stereocenters. The van der Waals surface area contributed by atoms with Gasteiger partial charge in [-0.2, -0.15) is 0 Å². The van der Waals surface area contributed by atoms with Gasteiger partial charge in [0.25, 0.3) is 0 Å². The van der Waals surface area contributed by atoms with E-state index in [0.29, 0.717) is 5.56 Å². The summed E-state index contributed by atoms with van der Waals surface area (Å²) in [5.41, 5.74) is 1.83. The summed E-state index contributed by atoms with van der Waals surface area (Å²) in [6.45, 7) is 12.9. The van der Waals surface area contributed by atoms with E-state index in [0.717, 1.165) is 10.9 Å². The molecule has 1 aromatic carbocycles. The van der Waals surface area contributed by atoms with E-state index in [1.54, 1.807) is 0 Å². The average molecular weight is 306 g/mol. The molecule has 108 valence electrons. The Bertz CT molecular complexity index is 648. The molecule has 2 rings (SSSR count). The molecule has 0 N–H and O–H groups in total. The number of benzene rings is 1. The van der Waals surface area contributed by atoms with Gasteiger partial charge in [-0.25, -0.2) is 4.79 Å². The normalized spacial score (nSPS) is 12.7. The van der Waals surface area contributed by atoms with Crippen LogP contribution in [0.25, 0.3) is 10.9 Å². The molecule has 3 nitrogen and oxygen atoms in total. The van der Waals surface area contributed by atoms with Crippen LogP contribution in [-0.2, 0) is 4.43 Å². The third kappa shape index (κ3) is 3.04. The Morgan fingerprint density at radius 1 is 1.05 bits per heavy atom. The summed E-state index contributed by atoms with van der Waals surface area (Å²) in [6.07, 6.45) is 1.99. The maximum Gasteiger partial charge on any atom is 0.326 e. The summed E-state index contributed by atoms with van der Waals surface area (Å²) in [5, 5.41) is 0.998. The molecule has 0 aliphatic rings. The minimum Gasteiger partial charge on any atom is -0.516 e. The lowest BCUT2D eigenvalue weighted by molar-refractivity contribution is 0.0726. The predicted octanol–water partition coefficient (Wildman–Crippen LogP) is 4.32. The average Bonchev–Trinajstić information content (AvgIpc) is 2.65. The predicted molar refractivity (Wildman–Crippen MR) is 89.4 cm³/mol. The van der Waals surface area contributed by atoms with Gasteiger partial charge < -0.3 is 8.66 Å².